The Hall–Kier alpha value is -1.75. The molecule has 2 saturated heterocycles. The number of hydrogen-bond donors (Lipinski definition) is 1. The minimum absolute atomic E-state index is 0.0340. The molecule has 10 heteroatoms. The summed E-state index contributed by atoms with van der Waals surface area (Å²) in [4.78, 5) is 21.3. The summed E-state index contributed by atoms with van der Waals surface area (Å²) in [5.41, 5.74) is -0.250. The summed E-state index contributed by atoms with van der Waals surface area (Å²) < 4.78 is 32.1. The molecule has 1 unspecified atom stereocenters. The van der Waals surface area contributed by atoms with E-state index in [1.807, 2.05) is 27.7 Å². The minimum Gasteiger partial charge on any atom is -0.379 e. The molecule has 3 rings (SSSR count). The highest BCUT2D eigenvalue weighted by Crippen LogP contribution is 2.20. The Morgan fingerprint density at radius 1 is 1.10 bits per heavy atom. The lowest BCUT2D eigenvalue weighted by atomic mass is 10.1. The van der Waals surface area contributed by atoms with Crippen LogP contribution in [0.15, 0.2) is 23.2 Å². The number of rotatable bonds is 5. The SMILES string of the molecule is CC(C(=O)NC(C)(C)C)N1CCN(c2ccc(S(=O)(=O)N3CCOCC3)cn2)CC1. The monoisotopic (exact) mass is 439 g/mol. The zero-order chi connectivity index (χ0) is 21.9. The molecule has 2 fully saturated rings. The van der Waals surface area contributed by atoms with E-state index >= 15 is 0 Å². The Balaban J connectivity index is 1.58. The van der Waals surface area contributed by atoms with Gasteiger partial charge < -0.3 is 15.0 Å². The second-order valence-electron chi connectivity index (χ2n) is 8.81. The van der Waals surface area contributed by atoms with Gasteiger partial charge in [-0.05, 0) is 39.8 Å². The second-order valence-corrected chi connectivity index (χ2v) is 10.7. The van der Waals surface area contributed by atoms with Crippen LogP contribution in [0.25, 0.3) is 0 Å². The van der Waals surface area contributed by atoms with Crippen molar-refractivity contribution in [3.8, 4) is 0 Å². The molecule has 1 aromatic heterocycles. The number of anilines is 1. The number of piperazine rings is 1. The summed E-state index contributed by atoms with van der Waals surface area (Å²) in [5, 5.41) is 3.03. The molecule has 0 radical (unpaired) electrons. The van der Waals surface area contributed by atoms with Gasteiger partial charge in [0.15, 0.2) is 0 Å². The molecule has 1 amide bonds. The Kier molecular flexibility index (Phi) is 7.01. The summed E-state index contributed by atoms with van der Waals surface area (Å²) in [7, 11) is -3.53. The number of sulfonamides is 1. The minimum atomic E-state index is -3.53. The molecule has 0 saturated carbocycles. The van der Waals surface area contributed by atoms with Crippen molar-refractivity contribution >= 4 is 21.7 Å². The first kappa shape index (κ1) is 22.9. The van der Waals surface area contributed by atoms with Crippen LogP contribution in [0, 0.1) is 0 Å². The van der Waals surface area contributed by atoms with E-state index in [4.69, 9.17) is 4.74 Å². The van der Waals surface area contributed by atoms with Crippen LogP contribution in [-0.2, 0) is 19.6 Å². The third kappa shape index (κ3) is 5.48. The number of carbonyl (C=O) groups is 1. The Bertz CT molecular complexity index is 824. The fraction of sp³-hybridized carbons (Fsp3) is 0.700. The summed E-state index contributed by atoms with van der Waals surface area (Å²) in [6.45, 7) is 12.4. The van der Waals surface area contributed by atoms with E-state index in [1.54, 1.807) is 12.1 Å². The molecule has 0 aromatic carbocycles. The molecule has 2 aliphatic rings. The van der Waals surface area contributed by atoms with Gasteiger partial charge in [-0.15, -0.1) is 0 Å². The molecule has 1 atom stereocenters. The number of pyridine rings is 1. The number of morpholine rings is 1. The van der Waals surface area contributed by atoms with Crippen molar-refractivity contribution < 1.29 is 17.9 Å². The van der Waals surface area contributed by atoms with E-state index in [-0.39, 0.29) is 22.4 Å². The van der Waals surface area contributed by atoms with Crippen LogP contribution in [0.2, 0.25) is 0 Å². The quantitative estimate of drug-likeness (QED) is 0.715. The van der Waals surface area contributed by atoms with Gasteiger partial charge in [-0.1, -0.05) is 0 Å². The van der Waals surface area contributed by atoms with Crippen molar-refractivity contribution in [3.63, 3.8) is 0 Å². The third-order valence-corrected chi connectivity index (χ3v) is 7.27. The molecular weight excluding hydrogens is 406 g/mol. The number of aromatic nitrogens is 1. The van der Waals surface area contributed by atoms with Crippen molar-refractivity contribution in [3.05, 3.63) is 18.3 Å². The number of hydrogen-bond acceptors (Lipinski definition) is 7. The number of amides is 1. The third-order valence-electron chi connectivity index (χ3n) is 5.39. The van der Waals surface area contributed by atoms with E-state index in [9.17, 15) is 13.2 Å². The Labute approximate surface area is 179 Å². The molecule has 1 N–H and O–H groups in total. The molecule has 9 nitrogen and oxygen atoms in total. The Morgan fingerprint density at radius 3 is 2.27 bits per heavy atom. The van der Waals surface area contributed by atoms with E-state index < -0.39 is 10.0 Å². The number of carbonyl (C=O) groups excluding carboxylic acids is 1. The molecule has 30 heavy (non-hydrogen) atoms. The van der Waals surface area contributed by atoms with Gasteiger partial charge in [0.1, 0.15) is 10.7 Å². The largest absolute Gasteiger partial charge is 0.379 e. The predicted octanol–water partition coefficient (Wildman–Crippen LogP) is 0.528. The smallest absolute Gasteiger partial charge is 0.244 e. The van der Waals surface area contributed by atoms with Gasteiger partial charge in [-0.2, -0.15) is 4.31 Å². The topological polar surface area (TPSA) is 95.1 Å². The van der Waals surface area contributed by atoms with Crippen LogP contribution in [0.4, 0.5) is 5.82 Å². The van der Waals surface area contributed by atoms with E-state index in [0.717, 1.165) is 32.0 Å². The highest BCUT2D eigenvalue weighted by atomic mass is 32.2. The van der Waals surface area contributed by atoms with Crippen LogP contribution in [0.5, 0.6) is 0 Å². The zero-order valence-electron chi connectivity index (χ0n) is 18.3. The summed E-state index contributed by atoms with van der Waals surface area (Å²) in [5.74, 6) is 0.786. The van der Waals surface area contributed by atoms with Crippen LogP contribution in [0.3, 0.4) is 0 Å². The van der Waals surface area contributed by atoms with Crippen molar-refractivity contribution in [1.82, 2.24) is 19.5 Å². The highest BCUT2D eigenvalue weighted by Gasteiger charge is 2.29. The lowest BCUT2D eigenvalue weighted by molar-refractivity contribution is -0.127. The lowest BCUT2D eigenvalue weighted by Gasteiger charge is -2.38. The maximum absolute atomic E-state index is 12.7. The van der Waals surface area contributed by atoms with Crippen LogP contribution in [-0.4, -0.2) is 92.6 Å². The lowest BCUT2D eigenvalue weighted by Crippen LogP contribution is -2.56. The number of nitrogens with one attached hydrogen (secondary N) is 1. The van der Waals surface area contributed by atoms with Crippen molar-refractivity contribution in [2.75, 3.05) is 57.4 Å². The summed E-state index contributed by atoms with van der Waals surface area (Å²) in [6, 6.07) is 3.19. The zero-order valence-corrected chi connectivity index (χ0v) is 19.1. The first-order valence-electron chi connectivity index (χ1n) is 10.4. The Morgan fingerprint density at radius 2 is 1.73 bits per heavy atom. The van der Waals surface area contributed by atoms with Gasteiger partial charge in [-0.25, -0.2) is 13.4 Å². The van der Waals surface area contributed by atoms with Crippen LogP contribution in [0.1, 0.15) is 27.7 Å². The average Bonchev–Trinajstić information content (AvgIpc) is 2.73. The summed E-state index contributed by atoms with van der Waals surface area (Å²) >= 11 is 0. The molecule has 168 valence electrons. The van der Waals surface area contributed by atoms with Gasteiger partial charge in [0.2, 0.25) is 15.9 Å². The maximum Gasteiger partial charge on any atom is 0.244 e. The highest BCUT2D eigenvalue weighted by molar-refractivity contribution is 7.89. The fourth-order valence-electron chi connectivity index (χ4n) is 3.63. The molecule has 0 bridgehead atoms. The van der Waals surface area contributed by atoms with Crippen molar-refractivity contribution in [1.29, 1.82) is 0 Å². The van der Waals surface area contributed by atoms with E-state index in [0.29, 0.717) is 26.3 Å². The number of ether oxygens (including phenoxy) is 1. The first-order chi connectivity index (χ1) is 14.1. The van der Waals surface area contributed by atoms with Crippen LogP contribution < -0.4 is 10.2 Å². The van der Waals surface area contributed by atoms with Crippen molar-refractivity contribution in [2.45, 2.75) is 44.2 Å². The first-order valence-corrected chi connectivity index (χ1v) is 11.9. The summed E-state index contributed by atoms with van der Waals surface area (Å²) in [6.07, 6.45) is 1.44. The second kappa shape index (κ2) is 9.17. The molecular formula is C20H33N5O4S. The van der Waals surface area contributed by atoms with E-state index in [2.05, 4.69) is 20.1 Å². The molecule has 0 aliphatic carbocycles. The number of nitrogens with zero attached hydrogens (tertiary/aromatic N) is 4. The average molecular weight is 440 g/mol. The standard InChI is InChI=1S/C20H33N5O4S/c1-16(19(26)22-20(2,3)4)23-7-9-24(10-8-23)18-6-5-17(15-21-18)30(27,28)25-11-13-29-14-12-25/h5-6,15-16H,7-14H2,1-4H3,(H,22,26). The van der Waals surface area contributed by atoms with Gasteiger partial charge >= 0.3 is 0 Å². The normalized spacial score (nSPS) is 20.7. The predicted molar refractivity (Wildman–Crippen MR) is 115 cm³/mol. The maximum atomic E-state index is 12.7. The van der Waals surface area contributed by atoms with Crippen LogP contribution >= 0.6 is 0 Å². The van der Waals surface area contributed by atoms with E-state index in [1.165, 1.54) is 10.5 Å². The van der Waals surface area contributed by atoms with Crippen molar-refractivity contribution in [2.24, 2.45) is 0 Å². The molecule has 3 heterocycles. The molecule has 1 aromatic rings. The van der Waals surface area contributed by atoms with Gasteiger partial charge in [0.05, 0.1) is 19.3 Å². The van der Waals surface area contributed by atoms with Gasteiger partial charge in [-0.3, -0.25) is 9.69 Å². The fourth-order valence-corrected chi connectivity index (χ4v) is 4.98. The van der Waals surface area contributed by atoms with Gasteiger partial charge in [0, 0.05) is 51.0 Å². The van der Waals surface area contributed by atoms with Gasteiger partial charge in [0.25, 0.3) is 0 Å². The molecule has 0 spiro atoms. The molecule has 2 aliphatic heterocycles.